The molecule has 1 aliphatic heterocycles. The molecule has 3 nitrogen and oxygen atoms in total. The Bertz CT molecular complexity index is 437. The van der Waals surface area contributed by atoms with Crippen LogP contribution in [0, 0.1) is 0 Å². The zero-order valence-electron chi connectivity index (χ0n) is 13.7. The van der Waals surface area contributed by atoms with Gasteiger partial charge in [-0.15, -0.1) is 0 Å². The Morgan fingerprint density at radius 1 is 1.19 bits per heavy atom. The molecule has 0 bridgehead atoms. The van der Waals surface area contributed by atoms with Crippen molar-refractivity contribution in [2.75, 3.05) is 26.2 Å². The first-order valence-corrected chi connectivity index (χ1v) is 8.31. The molecule has 0 aliphatic carbocycles. The molecule has 0 spiro atoms. The minimum atomic E-state index is 0.480. The van der Waals surface area contributed by atoms with Crippen LogP contribution in [-0.2, 0) is 0 Å². The molecule has 3 heteroatoms. The van der Waals surface area contributed by atoms with Gasteiger partial charge in [-0.3, -0.25) is 4.99 Å². The van der Waals surface area contributed by atoms with Crippen LogP contribution in [-0.4, -0.2) is 43.0 Å². The van der Waals surface area contributed by atoms with Crippen LogP contribution in [0.4, 0.5) is 0 Å². The number of hydrogen-bond acceptors (Lipinski definition) is 2. The molecule has 1 aliphatic rings. The van der Waals surface area contributed by atoms with Gasteiger partial charge in [0.05, 0.1) is 5.84 Å². The molecule has 2 unspecified atom stereocenters. The normalized spacial score (nSPS) is 23.7. The summed E-state index contributed by atoms with van der Waals surface area (Å²) < 4.78 is 0. The van der Waals surface area contributed by atoms with Crippen LogP contribution in [0.5, 0.6) is 0 Å². The molecular weight excluding hydrogens is 258 g/mol. The average Bonchev–Trinajstić information content (AvgIpc) is 2.89. The van der Waals surface area contributed by atoms with E-state index in [1.807, 2.05) is 0 Å². The van der Waals surface area contributed by atoms with Crippen molar-refractivity contribution in [1.29, 1.82) is 0 Å². The molecule has 2 atom stereocenters. The summed E-state index contributed by atoms with van der Waals surface area (Å²) in [5, 5.41) is 3.55. The smallest absolute Gasteiger partial charge is 0.0972 e. The van der Waals surface area contributed by atoms with Crippen molar-refractivity contribution in [3.05, 3.63) is 35.9 Å². The minimum Gasteiger partial charge on any atom is -0.371 e. The maximum absolute atomic E-state index is 4.77. The lowest BCUT2D eigenvalue weighted by Crippen LogP contribution is -2.26. The minimum absolute atomic E-state index is 0.480. The van der Waals surface area contributed by atoms with Crippen molar-refractivity contribution in [3.63, 3.8) is 0 Å². The first kappa shape index (κ1) is 16.0. The largest absolute Gasteiger partial charge is 0.371 e. The van der Waals surface area contributed by atoms with Gasteiger partial charge in [-0.2, -0.15) is 0 Å². The Hall–Kier alpha value is -1.35. The van der Waals surface area contributed by atoms with E-state index >= 15 is 0 Å². The molecule has 1 saturated heterocycles. The van der Waals surface area contributed by atoms with Crippen LogP contribution in [0.1, 0.15) is 45.1 Å². The topological polar surface area (TPSA) is 27.6 Å². The van der Waals surface area contributed by atoms with E-state index in [0.717, 1.165) is 39.0 Å². The van der Waals surface area contributed by atoms with Crippen molar-refractivity contribution in [1.82, 2.24) is 10.2 Å². The van der Waals surface area contributed by atoms with E-state index in [1.54, 1.807) is 0 Å². The van der Waals surface area contributed by atoms with Gasteiger partial charge < -0.3 is 10.2 Å². The van der Waals surface area contributed by atoms with Crippen LogP contribution in [0.15, 0.2) is 35.3 Å². The van der Waals surface area contributed by atoms with E-state index in [1.165, 1.54) is 11.4 Å². The van der Waals surface area contributed by atoms with Crippen LogP contribution in [0.2, 0.25) is 0 Å². The molecule has 0 radical (unpaired) electrons. The van der Waals surface area contributed by atoms with Crippen LogP contribution in [0.3, 0.4) is 0 Å². The molecule has 21 heavy (non-hydrogen) atoms. The SMILES string of the molecule is CCN(CC)CCCN=C1CC(c2ccccc2)C(C)N1. The first-order chi connectivity index (χ1) is 10.2. The average molecular weight is 287 g/mol. The highest BCUT2D eigenvalue weighted by atomic mass is 15.1. The zero-order chi connectivity index (χ0) is 15.1. The number of nitrogens with zero attached hydrogens (tertiary/aromatic N) is 2. The highest BCUT2D eigenvalue weighted by Gasteiger charge is 2.28. The Morgan fingerprint density at radius 3 is 2.57 bits per heavy atom. The highest BCUT2D eigenvalue weighted by molar-refractivity contribution is 5.85. The van der Waals surface area contributed by atoms with Gasteiger partial charge in [-0.25, -0.2) is 0 Å². The summed E-state index contributed by atoms with van der Waals surface area (Å²) in [5.41, 5.74) is 1.42. The van der Waals surface area contributed by atoms with Crippen molar-refractivity contribution in [3.8, 4) is 0 Å². The molecule has 116 valence electrons. The first-order valence-electron chi connectivity index (χ1n) is 8.31. The molecule has 1 aromatic carbocycles. The van der Waals surface area contributed by atoms with Gasteiger partial charge in [-0.1, -0.05) is 44.2 Å². The molecule has 1 fully saturated rings. The van der Waals surface area contributed by atoms with Crippen LogP contribution >= 0.6 is 0 Å². The third-order valence-corrected chi connectivity index (χ3v) is 4.47. The predicted octanol–water partition coefficient (Wildman–Crippen LogP) is 3.28. The van der Waals surface area contributed by atoms with Gasteiger partial charge in [0, 0.05) is 24.9 Å². The van der Waals surface area contributed by atoms with Crippen LogP contribution < -0.4 is 5.32 Å². The van der Waals surface area contributed by atoms with E-state index in [4.69, 9.17) is 4.99 Å². The molecule has 0 saturated carbocycles. The standard InChI is InChI=1S/C18H29N3/c1-4-21(5-2)13-9-12-19-18-14-17(15(3)20-18)16-10-7-6-8-11-16/h6-8,10-11,15,17H,4-5,9,12-14H2,1-3H3,(H,19,20). The number of rotatable bonds is 7. The molecule has 0 aromatic heterocycles. The quantitative estimate of drug-likeness (QED) is 0.779. The second kappa shape index (κ2) is 8.18. The summed E-state index contributed by atoms with van der Waals surface area (Å²) in [6.07, 6.45) is 2.20. The van der Waals surface area contributed by atoms with Crippen molar-refractivity contribution in [2.24, 2.45) is 4.99 Å². The van der Waals surface area contributed by atoms with Gasteiger partial charge >= 0.3 is 0 Å². The fourth-order valence-corrected chi connectivity index (χ4v) is 3.07. The van der Waals surface area contributed by atoms with Crippen molar-refractivity contribution < 1.29 is 0 Å². The van der Waals surface area contributed by atoms with Gasteiger partial charge in [0.2, 0.25) is 0 Å². The fraction of sp³-hybridized carbons (Fsp3) is 0.611. The zero-order valence-corrected chi connectivity index (χ0v) is 13.7. The number of aliphatic imine (C=N–C) groups is 1. The third-order valence-electron chi connectivity index (χ3n) is 4.47. The molecule has 1 heterocycles. The number of amidine groups is 1. The number of hydrogen-bond donors (Lipinski definition) is 1. The summed E-state index contributed by atoms with van der Waals surface area (Å²) in [6, 6.07) is 11.3. The molecule has 1 N–H and O–H groups in total. The summed E-state index contributed by atoms with van der Waals surface area (Å²) in [7, 11) is 0. The third kappa shape index (κ3) is 4.57. The molecule has 2 rings (SSSR count). The maximum atomic E-state index is 4.77. The molecule has 1 aromatic rings. The monoisotopic (exact) mass is 287 g/mol. The maximum Gasteiger partial charge on any atom is 0.0972 e. The summed E-state index contributed by atoms with van der Waals surface area (Å²) in [5.74, 6) is 1.75. The van der Waals surface area contributed by atoms with E-state index in [9.17, 15) is 0 Å². The van der Waals surface area contributed by atoms with Crippen LogP contribution in [0.25, 0.3) is 0 Å². The van der Waals surface area contributed by atoms with Gasteiger partial charge in [0.25, 0.3) is 0 Å². The summed E-state index contributed by atoms with van der Waals surface area (Å²) in [4.78, 5) is 7.22. The summed E-state index contributed by atoms with van der Waals surface area (Å²) in [6.45, 7) is 11.1. The Morgan fingerprint density at radius 2 is 1.90 bits per heavy atom. The van der Waals surface area contributed by atoms with Gasteiger partial charge in [-0.05, 0) is 38.5 Å². The van der Waals surface area contributed by atoms with E-state index < -0.39 is 0 Å². The Balaban J connectivity index is 1.82. The predicted molar refractivity (Wildman–Crippen MR) is 91.1 cm³/mol. The molecule has 0 amide bonds. The lowest BCUT2D eigenvalue weighted by molar-refractivity contribution is 0.302. The van der Waals surface area contributed by atoms with E-state index in [2.05, 4.69) is 61.3 Å². The Labute approximate surface area is 129 Å². The fourth-order valence-electron chi connectivity index (χ4n) is 3.07. The van der Waals surface area contributed by atoms with Gasteiger partial charge in [0.15, 0.2) is 0 Å². The lowest BCUT2D eigenvalue weighted by atomic mass is 9.93. The number of benzene rings is 1. The van der Waals surface area contributed by atoms with Gasteiger partial charge in [0.1, 0.15) is 0 Å². The number of nitrogens with one attached hydrogen (secondary N) is 1. The summed E-state index contributed by atoms with van der Waals surface area (Å²) >= 11 is 0. The Kier molecular flexibility index (Phi) is 6.24. The second-order valence-electron chi connectivity index (χ2n) is 5.86. The van der Waals surface area contributed by atoms with Crippen molar-refractivity contribution >= 4 is 5.84 Å². The lowest BCUT2D eigenvalue weighted by Gasteiger charge is -2.16. The van der Waals surface area contributed by atoms with E-state index in [-0.39, 0.29) is 0 Å². The van der Waals surface area contributed by atoms with E-state index in [0.29, 0.717) is 12.0 Å². The highest BCUT2D eigenvalue weighted by Crippen LogP contribution is 2.28. The second-order valence-corrected chi connectivity index (χ2v) is 5.86. The molecular formula is C18H29N3. The van der Waals surface area contributed by atoms with Crippen molar-refractivity contribution in [2.45, 2.75) is 45.6 Å².